The van der Waals surface area contributed by atoms with Gasteiger partial charge in [0.1, 0.15) is 6.61 Å². The summed E-state index contributed by atoms with van der Waals surface area (Å²) in [6, 6.07) is 6.53. The van der Waals surface area contributed by atoms with E-state index < -0.39 is 17.6 Å². The molecule has 0 saturated heterocycles. The zero-order chi connectivity index (χ0) is 21.2. The molecule has 1 N–H and O–H groups in total. The van der Waals surface area contributed by atoms with Crippen LogP contribution in [0.3, 0.4) is 0 Å². The molecule has 0 bridgehead atoms. The SMILES string of the molecule is C#CCOc1c(Br)cc(/C=C2\C(=O)Nc3cc(C(F)(F)F)ccc32)cc1OCC. The van der Waals surface area contributed by atoms with E-state index in [4.69, 9.17) is 15.9 Å². The third-order valence-corrected chi connectivity index (χ3v) is 4.66. The molecular weight excluding hydrogens is 451 g/mol. The number of anilines is 1. The molecule has 8 heteroatoms. The number of terminal acetylenes is 1. The third kappa shape index (κ3) is 4.40. The first-order valence-corrected chi connectivity index (χ1v) is 9.31. The van der Waals surface area contributed by atoms with Crippen molar-refractivity contribution in [2.45, 2.75) is 13.1 Å². The maximum absolute atomic E-state index is 12.9. The van der Waals surface area contributed by atoms with Crippen molar-refractivity contribution in [1.29, 1.82) is 0 Å². The lowest BCUT2D eigenvalue weighted by Crippen LogP contribution is -2.06. The van der Waals surface area contributed by atoms with Gasteiger partial charge in [0.25, 0.3) is 5.91 Å². The van der Waals surface area contributed by atoms with Gasteiger partial charge in [0, 0.05) is 16.8 Å². The van der Waals surface area contributed by atoms with Crippen LogP contribution in [0.5, 0.6) is 11.5 Å². The summed E-state index contributed by atoms with van der Waals surface area (Å²) in [5, 5.41) is 2.48. The molecule has 29 heavy (non-hydrogen) atoms. The highest BCUT2D eigenvalue weighted by atomic mass is 79.9. The average molecular weight is 466 g/mol. The molecule has 0 fully saturated rings. The van der Waals surface area contributed by atoms with Gasteiger partial charge in [-0.2, -0.15) is 13.2 Å². The number of carbonyl (C=O) groups is 1. The second-order valence-electron chi connectivity index (χ2n) is 6.03. The zero-order valence-electron chi connectivity index (χ0n) is 15.2. The third-order valence-electron chi connectivity index (χ3n) is 4.07. The lowest BCUT2D eigenvalue weighted by Gasteiger charge is -2.13. The van der Waals surface area contributed by atoms with Crippen LogP contribution in [0.2, 0.25) is 0 Å². The second-order valence-corrected chi connectivity index (χ2v) is 6.88. The fraction of sp³-hybridized carbons (Fsp3) is 0.190. The normalized spacial score (nSPS) is 14.3. The van der Waals surface area contributed by atoms with Gasteiger partial charge in [-0.15, -0.1) is 6.42 Å². The van der Waals surface area contributed by atoms with Crippen LogP contribution < -0.4 is 14.8 Å². The summed E-state index contributed by atoms with van der Waals surface area (Å²) in [5.41, 5.74) is 0.541. The quantitative estimate of drug-likeness (QED) is 0.476. The molecule has 2 aromatic rings. The topological polar surface area (TPSA) is 47.6 Å². The molecule has 0 unspecified atom stereocenters. The number of alkyl halides is 3. The van der Waals surface area contributed by atoms with Gasteiger partial charge < -0.3 is 14.8 Å². The lowest BCUT2D eigenvalue weighted by molar-refractivity contribution is -0.137. The summed E-state index contributed by atoms with van der Waals surface area (Å²) in [5.74, 6) is 2.74. The molecular formula is C21H15BrF3NO3. The predicted octanol–water partition coefficient (Wildman–Crippen LogP) is 5.37. The molecule has 150 valence electrons. The average Bonchev–Trinajstić information content (AvgIpc) is 2.95. The molecule has 1 heterocycles. The van der Waals surface area contributed by atoms with E-state index in [2.05, 4.69) is 27.2 Å². The number of hydrogen-bond acceptors (Lipinski definition) is 3. The number of benzene rings is 2. The van der Waals surface area contributed by atoms with Crippen molar-refractivity contribution in [3.05, 3.63) is 51.5 Å². The van der Waals surface area contributed by atoms with E-state index in [9.17, 15) is 18.0 Å². The lowest BCUT2D eigenvalue weighted by atomic mass is 10.0. The minimum atomic E-state index is -4.49. The van der Waals surface area contributed by atoms with Crippen LogP contribution in [0.1, 0.15) is 23.6 Å². The molecule has 0 spiro atoms. The number of rotatable bonds is 5. The van der Waals surface area contributed by atoms with Crippen molar-refractivity contribution in [2.75, 3.05) is 18.5 Å². The Morgan fingerprint density at radius 2 is 2.00 bits per heavy atom. The first-order valence-electron chi connectivity index (χ1n) is 8.52. The van der Waals surface area contributed by atoms with Crippen LogP contribution in [0.4, 0.5) is 18.9 Å². The summed E-state index contributed by atoms with van der Waals surface area (Å²) >= 11 is 3.40. The van der Waals surface area contributed by atoms with Crippen LogP contribution in [-0.2, 0) is 11.0 Å². The summed E-state index contributed by atoms with van der Waals surface area (Å²) in [7, 11) is 0. The van der Waals surface area contributed by atoms with E-state index in [1.165, 1.54) is 6.07 Å². The second kappa shape index (κ2) is 8.21. The van der Waals surface area contributed by atoms with E-state index in [1.54, 1.807) is 18.2 Å². The van der Waals surface area contributed by atoms with E-state index >= 15 is 0 Å². The number of fused-ring (bicyclic) bond motifs is 1. The number of ether oxygens (including phenoxy) is 2. The van der Waals surface area contributed by atoms with Gasteiger partial charge in [0.05, 0.1) is 16.6 Å². The van der Waals surface area contributed by atoms with E-state index in [0.29, 0.717) is 33.7 Å². The Morgan fingerprint density at radius 3 is 2.66 bits per heavy atom. The monoisotopic (exact) mass is 465 g/mol. The number of amides is 1. The number of hydrogen-bond donors (Lipinski definition) is 1. The number of carbonyl (C=O) groups excluding carboxylic acids is 1. The highest BCUT2D eigenvalue weighted by Gasteiger charge is 2.33. The summed E-state index contributed by atoms with van der Waals surface area (Å²) in [6.45, 7) is 2.24. The van der Waals surface area contributed by atoms with E-state index in [-0.39, 0.29) is 17.9 Å². The fourth-order valence-electron chi connectivity index (χ4n) is 2.87. The van der Waals surface area contributed by atoms with Gasteiger partial charge in [-0.3, -0.25) is 4.79 Å². The van der Waals surface area contributed by atoms with E-state index in [1.807, 2.05) is 6.92 Å². The zero-order valence-corrected chi connectivity index (χ0v) is 16.8. The van der Waals surface area contributed by atoms with Crippen molar-refractivity contribution in [3.8, 4) is 23.8 Å². The smallest absolute Gasteiger partial charge is 0.416 e. The first-order chi connectivity index (χ1) is 13.7. The van der Waals surface area contributed by atoms with Crippen molar-refractivity contribution >= 4 is 39.2 Å². The molecule has 0 aliphatic carbocycles. The van der Waals surface area contributed by atoms with Crippen LogP contribution in [0, 0.1) is 12.3 Å². The maximum Gasteiger partial charge on any atom is 0.416 e. The molecule has 1 aliphatic heterocycles. The Kier molecular flexibility index (Phi) is 5.89. The number of halogens is 4. The molecule has 0 saturated carbocycles. The van der Waals surface area contributed by atoms with Crippen molar-refractivity contribution < 1.29 is 27.4 Å². The van der Waals surface area contributed by atoms with Crippen molar-refractivity contribution in [1.82, 2.24) is 0 Å². The van der Waals surface area contributed by atoms with Crippen LogP contribution >= 0.6 is 15.9 Å². The van der Waals surface area contributed by atoms with Gasteiger partial charge in [0.2, 0.25) is 0 Å². The minimum Gasteiger partial charge on any atom is -0.490 e. The summed E-state index contributed by atoms with van der Waals surface area (Å²) < 4.78 is 50.4. The van der Waals surface area contributed by atoms with Crippen molar-refractivity contribution in [2.24, 2.45) is 0 Å². The first kappa shape index (κ1) is 20.8. The molecule has 1 amide bonds. The Labute approximate surface area is 173 Å². The van der Waals surface area contributed by atoms with Crippen LogP contribution in [-0.4, -0.2) is 19.1 Å². The van der Waals surface area contributed by atoms with Crippen molar-refractivity contribution in [3.63, 3.8) is 0 Å². The van der Waals surface area contributed by atoms with Gasteiger partial charge in [-0.1, -0.05) is 12.0 Å². The standard InChI is InChI=1S/C21H15BrF3NO3/c1-3-7-29-19-16(22)9-12(10-18(19)28-4-2)8-15-14-6-5-13(21(23,24)25)11-17(14)26-20(15)27/h1,5-6,8-11H,4,7H2,2H3,(H,26,27)/b15-8-. The van der Waals surface area contributed by atoms with Crippen LogP contribution in [0.15, 0.2) is 34.8 Å². The Bertz CT molecular complexity index is 1040. The molecule has 0 aromatic heterocycles. The van der Waals surface area contributed by atoms with Gasteiger partial charge in [0.15, 0.2) is 11.5 Å². The van der Waals surface area contributed by atoms with Gasteiger partial charge in [-0.05, 0) is 58.8 Å². The molecule has 3 rings (SSSR count). The van der Waals surface area contributed by atoms with E-state index in [0.717, 1.165) is 12.1 Å². The largest absolute Gasteiger partial charge is 0.490 e. The minimum absolute atomic E-state index is 0.0520. The highest BCUT2D eigenvalue weighted by molar-refractivity contribution is 9.10. The molecule has 2 aromatic carbocycles. The van der Waals surface area contributed by atoms with Gasteiger partial charge in [-0.25, -0.2) is 0 Å². The Morgan fingerprint density at radius 1 is 1.24 bits per heavy atom. The molecule has 0 atom stereocenters. The van der Waals surface area contributed by atoms with Gasteiger partial charge >= 0.3 is 6.18 Å². The predicted molar refractivity (Wildman–Crippen MR) is 108 cm³/mol. The maximum atomic E-state index is 12.9. The molecule has 4 nitrogen and oxygen atoms in total. The Balaban J connectivity index is 2.03. The van der Waals surface area contributed by atoms with Crippen LogP contribution in [0.25, 0.3) is 11.6 Å². The Hall–Kier alpha value is -2.92. The summed E-state index contributed by atoms with van der Waals surface area (Å²) in [4.78, 5) is 12.3. The molecule has 0 radical (unpaired) electrons. The fourth-order valence-corrected chi connectivity index (χ4v) is 3.44. The highest BCUT2D eigenvalue weighted by Crippen LogP contribution is 2.41. The summed E-state index contributed by atoms with van der Waals surface area (Å²) in [6.07, 6.45) is 2.32. The number of nitrogens with one attached hydrogen (secondary N) is 1. The molecule has 1 aliphatic rings.